The minimum Gasteiger partial charge on any atom is -0.450 e. The zero-order chi connectivity index (χ0) is 24.3. The maximum atomic E-state index is 13.6. The fraction of sp³-hybridized carbons (Fsp3) is 0.400. The predicted molar refractivity (Wildman–Crippen MR) is 139 cm³/mol. The molecule has 0 unspecified atom stereocenters. The van der Waals surface area contributed by atoms with Gasteiger partial charge in [0.1, 0.15) is 0 Å². The molecule has 9 heteroatoms. The maximum absolute atomic E-state index is 13.6. The van der Waals surface area contributed by atoms with Crippen molar-refractivity contribution >= 4 is 49.6 Å². The summed E-state index contributed by atoms with van der Waals surface area (Å²) in [5, 5.41) is 0.906. The third kappa shape index (κ3) is 4.83. The molecule has 1 saturated heterocycles. The Morgan fingerprint density at radius 3 is 2.50 bits per heavy atom. The first-order chi connectivity index (χ1) is 16.4. The van der Waals surface area contributed by atoms with E-state index in [1.54, 1.807) is 42.2 Å². The molecule has 7 nitrogen and oxygen atoms in total. The van der Waals surface area contributed by atoms with Gasteiger partial charge in [-0.2, -0.15) is 0 Å². The molecular formula is C25H29IN2O5S. The fourth-order valence-corrected chi connectivity index (χ4v) is 7.60. The van der Waals surface area contributed by atoms with Crippen molar-refractivity contribution in [3.63, 3.8) is 0 Å². The van der Waals surface area contributed by atoms with Gasteiger partial charge in [-0.15, -0.1) is 0 Å². The van der Waals surface area contributed by atoms with E-state index in [1.165, 1.54) is 3.97 Å². The Morgan fingerprint density at radius 1 is 1.15 bits per heavy atom. The van der Waals surface area contributed by atoms with Gasteiger partial charge in [0.2, 0.25) is 0 Å². The Bertz CT molecular complexity index is 1270. The summed E-state index contributed by atoms with van der Waals surface area (Å²) in [4.78, 5) is 14.8. The van der Waals surface area contributed by atoms with Crippen molar-refractivity contribution in [3.8, 4) is 0 Å². The van der Waals surface area contributed by atoms with Crippen LogP contribution in [-0.2, 0) is 32.5 Å². The van der Waals surface area contributed by atoms with Gasteiger partial charge < -0.3 is 14.4 Å². The highest BCUT2D eigenvalue weighted by Crippen LogP contribution is 2.33. The number of fused-ring (bicyclic) bond motifs is 1. The lowest BCUT2D eigenvalue weighted by Gasteiger charge is -2.33. The van der Waals surface area contributed by atoms with Crippen molar-refractivity contribution in [1.29, 1.82) is 0 Å². The number of aromatic nitrogens is 1. The number of benzene rings is 2. The van der Waals surface area contributed by atoms with E-state index in [0.29, 0.717) is 42.0 Å². The summed E-state index contributed by atoms with van der Waals surface area (Å²) < 4.78 is 40.2. The quantitative estimate of drug-likeness (QED) is 0.352. The lowest BCUT2D eigenvalue weighted by atomic mass is 10.0. The molecule has 0 spiro atoms. The van der Waals surface area contributed by atoms with Crippen molar-refractivity contribution < 1.29 is 22.7 Å². The molecule has 1 amide bonds. The van der Waals surface area contributed by atoms with Crippen molar-refractivity contribution in [2.24, 2.45) is 0 Å². The Hall–Kier alpha value is -2.11. The van der Waals surface area contributed by atoms with E-state index >= 15 is 0 Å². The number of carbonyl (C=O) groups is 1. The summed E-state index contributed by atoms with van der Waals surface area (Å²) in [6.45, 7) is 5.67. The van der Waals surface area contributed by atoms with Gasteiger partial charge in [0, 0.05) is 31.2 Å². The van der Waals surface area contributed by atoms with Gasteiger partial charge in [-0.3, -0.25) is 0 Å². The SMILES string of the molecule is CCOC(=O)N(Cc1ccc2c(CC)c(I)n(S(=O)(=O)c3ccccc3)c2c1)C1CCOCC1. The maximum Gasteiger partial charge on any atom is 0.410 e. The van der Waals surface area contributed by atoms with Crippen molar-refractivity contribution in [2.75, 3.05) is 19.8 Å². The van der Waals surface area contributed by atoms with Crippen LogP contribution in [0.15, 0.2) is 53.4 Å². The number of halogens is 1. The lowest BCUT2D eigenvalue weighted by Crippen LogP contribution is -2.43. The standard InChI is InChI=1S/C25H29IN2O5S/c1-3-21-22-11-10-18(17-27(25(29)33-4-2)19-12-14-32-15-13-19)16-23(22)28(24(21)26)34(30,31)20-8-6-5-7-9-20/h5-11,16,19H,3-4,12-15,17H2,1-2H3. The Kier molecular flexibility index (Phi) is 7.83. The third-order valence-corrected chi connectivity index (χ3v) is 9.34. The number of hydrogen-bond acceptors (Lipinski definition) is 5. The minimum absolute atomic E-state index is 0.0228. The predicted octanol–water partition coefficient (Wildman–Crippen LogP) is 5.18. The first kappa shape index (κ1) is 25.0. The molecule has 0 radical (unpaired) electrons. The van der Waals surface area contributed by atoms with Crippen LogP contribution in [0.1, 0.15) is 37.8 Å². The van der Waals surface area contributed by atoms with Gasteiger partial charge in [-0.05, 0) is 78.1 Å². The van der Waals surface area contributed by atoms with E-state index in [2.05, 4.69) is 22.6 Å². The molecular weight excluding hydrogens is 567 g/mol. The molecule has 0 aliphatic carbocycles. The molecule has 0 atom stereocenters. The van der Waals surface area contributed by atoms with Crippen LogP contribution in [0.25, 0.3) is 10.9 Å². The summed E-state index contributed by atoms with van der Waals surface area (Å²) in [6.07, 6.45) is 1.85. The van der Waals surface area contributed by atoms with Crippen LogP contribution in [0.3, 0.4) is 0 Å². The highest BCUT2D eigenvalue weighted by Gasteiger charge is 2.29. The zero-order valence-corrected chi connectivity index (χ0v) is 22.3. The van der Waals surface area contributed by atoms with Crippen LogP contribution >= 0.6 is 22.6 Å². The summed E-state index contributed by atoms with van der Waals surface area (Å²) in [5.41, 5.74) is 2.47. The average molecular weight is 596 g/mol. The fourth-order valence-electron chi connectivity index (χ4n) is 4.45. The van der Waals surface area contributed by atoms with Gasteiger partial charge in [-0.1, -0.05) is 37.3 Å². The summed E-state index contributed by atoms with van der Waals surface area (Å²) in [6, 6.07) is 14.3. The van der Waals surface area contributed by atoms with Crippen LogP contribution in [0.4, 0.5) is 4.79 Å². The number of amides is 1. The molecule has 4 rings (SSSR count). The average Bonchev–Trinajstić information content (AvgIpc) is 3.14. The molecule has 3 aromatic rings. The lowest BCUT2D eigenvalue weighted by molar-refractivity contribution is 0.0245. The topological polar surface area (TPSA) is 77.8 Å². The zero-order valence-electron chi connectivity index (χ0n) is 19.4. The first-order valence-corrected chi connectivity index (χ1v) is 14.0. The number of hydrogen-bond donors (Lipinski definition) is 0. The van der Waals surface area contributed by atoms with Crippen LogP contribution in [-0.4, -0.2) is 49.2 Å². The van der Waals surface area contributed by atoms with Gasteiger partial charge >= 0.3 is 6.09 Å². The smallest absolute Gasteiger partial charge is 0.410 e. The first-order valence-electron chi connectivity index (χ1n) is 11.5. The van der Waals surface area contributed by atoms with Gasteiger partial charge in [0.25, 0.3) is 10.0 Å². The molecule has 0 N–H and O–H groups in total. The number of rotatable bonds is 7. The number of aryl methyl sites for hydroxylation is 1. The highest BCUT2D eigenvalue weighted by atomic mass is 127. The van der Waals surface area contributed by atoms with Crippen molar-refractivity contribution in [3.05, 3.63) is 63.4 Å². The Labute approximate surface area is 214 Å². The molecule has 0 saturated carbocycles. The Morgan fingerprint density at radius 2 is 1.85 bits per heavy atom. The molecule has 182 valence electrons. The molecule has 1 aliphatic rings. The monoisotopic (exact) mass is 596 g/mol. The molecule has 0 bridgehead atoms. The van der Waals surface area contributed by atoms with Crippen molar-refractivity contribution in [1.82, 2.24) is 8.87 Å². The molecule has 34 heavy (non-hydrogen) atoms. The minimum atomic E-state index is -3.79. The van der Waals surface area contributed by atoms with E-state index in [1.807, 2.05) is 25.1 Å². The molecule has 1 fully saturated rings. The van der Waals surface area contributed by atoms with E-state index in [-0.39, 0.29) is 17.0 Å². The second-order valence-corrected chi connectivity index (χ2v) is 11.0. The van der Waals surface area contributed by atoms with E-state index < -0.39 is 10.0 Å². The summed E-state index contributed by atoms with van der Waals surface area (Å²) >= 11 is 2.13. The second-order valence-electron chi connectivity index (χ2n) is 8.23. The molecule has 1 aromatic heterocycles. The number of ether oxygens (including phenoxy) is 2. The second kappa shape index (κ2) is 10.7. The van der Waals surface area contributed by atoms with Crippen LogP contribution in [0, 0.1) is 3.70 Å². The van der Waals surface area contributed by atoms with Gasteiger partial charge in [-0.25, -0.2) is 17.2 Å². The largest absolute Gasteiger partial charge is 0.450 e. The molecule has 1 aliphatic heterocycles. The van der Waals surface area contributed by atoms with E-state index in [9.17, 15) is 13.2 Å². The van der Waals surface area contributed by atoms with E-state index in [4.69, 9.17) is 9.47 Å². The third-order valence-electron chi connectivity index (χ3n) is 6.16. The van der Waals surface area contributed by atoms with Crippen LogP contribution in [0.5, 0.6) is 0 Å². The van der Waals surface area contributed by atoms with Crippen LogP contribution < -0.4 is 0 Å². The van der Waals surface area contributed by atoms with Gasteiger partial charge in [0.05, 0.1) is 20.7 Å². The van der Waals surface area contributed by atoms with Crippen LogP contribution in [0.2, 0.25) is 0 Å². The summed E-state index contributed by atoms with van der Waals surface area (Å²) in [7, 11) is -3.79. The van der Waals surface area contributed by atoms with E-state index in [0.717, 1.165) is 29.4 Å². The normalized spacial score (nSPS) is 14.9. The number of carbonyl (C=O) groups excluding carboxylic acids is 1. The molecule has 2 aromatic carbocycles. The highest BCUT2D eigenvalue weighted by molar-refractivity contribution is 14.1. The number of nitrogens with zero attached hydrogens (tertiary/aromatic N) is 2. The Balaban J connectivity index is 1.80. The van der Waals surface area contributed by atoms with Crippen molar-refractivity contribution in [2.45, 2.75) is 50.6 Å². The summed E-state index contributed by atoms with van der Waals surface area (Å²) in [5.74, 6) is 0. The molecule has 2 heterocycles. The van der Waals surface area contributed by atoms with Gasteiger partial charge in [0.15, 0.2) is 0 Å².